The van der Waals surface area contributed by atoms with Crippen LogP contribution in [0.2, 0.25) is 0 Å². The number of nitrogens with zero attached hydrogens (tertiary/aromatic N) is 1. The van der Waals surface area contributed by atoms with Crippen LogP contribution in [0.3, 0.4) is 0 Å². The van der Waals surface area contributed by atoms with Gasteiger partial charge in [0.05, 0.1) is 12.7 Å². The molecule has 1 aliphatic rings. The summed E-state index contributed by atoms with van der Waals surface area (Å²) in [7, 11) is 1.41. The van der Waals surface area contributed by atoms with E-state index >= 15 is 0 Å². The number of carbonyl (C=O) groups is 1. The van der Waals surface area contributed by atoms with Crippen LogP contribution in [0.5, 0.6) is 0 Å². The molecule has 1 saturated carbocycles. The SMILES string of the molecule is CC.COC(=O)c1cc(C)nc(C2CC2)c1C. The lowest BCUT2D eigenvalue weighted by Gasteiger charge is -2.09. The van der Waals surface area contributed by atoms with E-state index in [4.69, 9.17) is 4.74 Å². The number of pyridine rings is 1. The lowest BCUT2D eigenvalue weighted by molar-refractivity contribution is 0.0599. The molecular formula is C14H21NO2. The monoisotopic (exact) mass is 235 g/mol. The molecule has 0 saturated heterocycles. The average molecular weight is 235 g/mol. The van der Waals surface area contributed by atoms with Gasteiger partial charge in [-0.2, -0.15) is 0 Å². The summed E-state index contributed by atoms with van der Waals surface area (Å²) in [5.74, 6) is 0.299. The van der Waals surface area contributed by atoms with Crippen LogP contribution in [0.15, 0.2) is 6.07 Å². The van der Waals surface area contributed by atoms with Crippen molar-refractivity contribution in [1.82, 2.24) is 4.98 Å². The summed E-state index contributed by atoms with van der Waals surface area (Å²) in [4.78, 5) is 16.0. The quantitative estimate of drug-likeness (QED) is 0.738. The number of aromatic nitrogens is 1. The van der Waals surface area contributed by atoms with Crippen LogP contribution in [0.4, 0.5) is 0 Å². The molecule has 0 aromatic carbocycles. The fraction of sp³-hybridized carbons (Fsp3) is 0.571. The number of hydrogen-bond acceptors (Lipinski definition) is 3. The van der Waals surface area contributed by atoms with Gasteiger partial charge in [-0.15, -0.1) is 0 Å². The Hall–Kier alpha value is -1.38. The molecule has 0 atom stereocenters. The Bertz CT molecular complexity index is 409. The Morgan fingerprint density at radius 2 is 1.94 bits per heavy atom. The predicted molar refractivity (Wildman–Crippen MR) is 68.4 cm³/mol. The first-order valence-electron chi connectivity index (χ1n) is 6.20. The second kappa shape index (κ2) is 5.80. The van der Waals surface area contributed by atoms with Crippen LogP contribution in [-0.4, -0.2) is 18.1 Å². The van der Waals surface area contributed by atoms with Gasteiger partial charge in [0.2, 0.25) is 0 Å². The van der Waals surface area contributed by atoms with Gasteiger partial charge in [0.25, 0.3) is 0 Å². The summed E-state index contributed by atoms with van der Waals surface area (Å²) in [5, 5.41) is 0. The minimum Gasteiger partial charge on any atom is -0.465 e. The van der Waals surface area contributed by atoms with E-state index in [0.717, 1.165) is 17.0 Å². The van der Waals surface area contributed by atoms with Crippen molar-refractivity contribution < 1.29 is 9.53 Å². The summed E-state index contributed by atoms with van der Waals surface area (Å²) in [6.45, 7) is 7.87. The van der Waals surface area contributed by atoms with Crippen LogP contribution in [0, 0.1) is 13.8 Å². The van der Waals surface area contributed by atoms with Crippen LogP contribution in [0.25, 0.3) is 0 Å². The average Bonchev–Trinajstić information content (AvgIpc) is 3.17. The Morgan fingerprint density at radius 1 is 1.35 bits per heavy atom. The molecule has 0 spiro atoms. The molecule has 0 aliphatic heterocycles. The molecular weight excluding hydrogens is 214 g/mol. The van der Waals surface area contributed by atoms with Gasteiger partial charge in [0.15, 0.2) is 0 Å². The fourth-order valence-electron chi connectivity index (χ4n) is 1.84. The molecule has 3 heteroatoms. The molecule has 1 aromatic heterocycles. The molecule has 1 fully saturated rings. The van der Waals surface area contributed by atoms with E-state index in [0.29, 0.717) is 11.5 Å². The molecule has 0 amide bonds. The Kier molecular flexibility index (Phi) is 4.67. The Morgan fingerprint density at radius 3 is 2.41 bits per heavy atom. The van der Waals surface area contributed by atoms with Gasteiger partial charge in [0, 0.05) is 17.3 Å². The molecule has 0 radical (unpaired) electrons. The van der Waals surface area contributed by atoms with Gasteiger partial charge >= 0.3 is 5.97 Å². The number of ether oxygens (including phenoxy) is 1. The molecule has 17 heavy (non-hydrogen) atoms. The van der Waals surface area contributed by atoms with Crippen molar-refractivity contribution in [2.75, 3.05) is 7.11 Å². The van der Waals surface area contributed by atoms with E-state index in [9.17, 15) is 4.79 Å². The predicted octanol–water partition coefficient (Wildman–Crippen LogP) is 3.39. The molecule has 1 heterocycles. The smallest absolute Gasteiger partial charge is 0.338 e. The van der Waals surface area contributed by atoms with E-state index in [1.165, 1.54) is 20.0 Å². The van der Waals surface area contributed by atoms with Gasteiger partial charge in [-0.1, -0.05) is 13.8 Å². The van der Waals surface area contributed by atoms with Crippen molar-refractivity contribution >= 4 is 5.97 Å². The van der Waals surface area contributed by atoms with E-state index in [1.54, 1.807) is 6.07 Å². The maximum Gasteiger partial charge on any atom is 0.338 e. The molecule has 3 nitrogen and oxygen atoms in total. The Labute approximate surface area is 103 Å². The third kappa shape index (κ3) is 3.05. The first-order chi connectivity index (χ1) is 8.13. The maximum absolute atomic E-state index is 11.5. The maximum atomic E-state index is 11.5. The number of carbonyl (C=O) groups excluding carboxylic acids is 1. The van der Waals surface area contributed by atoms with E-state index in [2.05, 4.69) is 4.98 Å². The normalized spacial score (nSPS) is 13.7. The molecule has 2 rings (SSSR count). The van der Waals surface area contributed by atoms with E-state index < -0.39 is 0 Å². The van der Waals surface area contributed by atoms with Gasteiger partial charge in [-0.05, 0) is 38.3 Å². The molecule has 0 bridgehead atoms. The first kappa shape index (κ1) is 13.7. The molecule has 1 aromatic rings. The molecule has 0 unspecified atom stereocenters. The standard InChI is InChI=1S/C12H15NO2.C2H6/c1-7-6-10(12(14)15-3)8(2)11(13-7)9-4-5-9;1-2/h6,9H,4-5H2,1-3H3;1-2H3. The molecule has 1 aliphatic carbocycles. The lowest BCUT2D eigenvalue weighted by atomic mass is 10.0. The highest BCUT2D eigenvalue weighted by Gasteiger charge is 2.28. The zero-order chi connectivity index (χ0) is 13.0. The summed E-state index contributed by atoms with van der Waals surface area (Å²) in [6, 6.07) is 1.80. The summed E-state index contributed by atoms with van der Waals surface area (Å²) in [5.41, 5.74) is 3.61. The van der Waals surface area contributed by atoms with Crippen molar-refractivity contribution in [2.24, 2.45) is 0 Å². The van der Waals surface area contributed by atoms with Crippen LogP contribution in [-0.2, 0) is 4.74 Å². The molecule has 0 N–H and O–H groups in total. The van der Waals surface area contributed by atoms with Crippen LogP contribution < -0.4 is 0 Å². The highest BCUT2D eigenvalue weighted by atomic mass is 16.5. The highest BCUT2D eigenvalue weighted by molar-refractivity contribution is 5.91. The number of rotatable bonds is 2. The largest absolute Gasteiger partial charge is 0.465 e. The van der Waals surface area contributed by atoms with E-state index in [-0.39, 0.29) is 5.97 Å². The van der Waals surface area contributed by atoms with Crippen LogP contribution in [0.1, 0.15) is 59.9 Å². The fourth-order valence-corrected chi connectivity index (χ4v) is 1.84. The number of methoxy groups -OCH3 is 1. The Balaban J connectivity index is 0.000000686. The summed E-state index contributed by atoms with van der Waals surface area (Å²) < 4.78 is 4.76. The second-order valence-corrected chi connectivity index (χ2v) is 4.09. The topological polar surface area (TPSA) is 39.2 Å². The summed E-state index contributed by atoms with van der Waals surface area (Å²) >= 11 is 0. The van der Waals surface area contributed by atoms with Crippen molar-refractivity contribution in [3.05, 3.63) is 28.6 Å². The van der Waals surface area contributed by atoms with Gasteiger partial charge < -0.3 is 4.74 Å². The summed E-state index contributed by atoms with van der Waals surface area (Å²) in [6.07, 6.45) is 2.38. The van der Waals surface area contributed by atoms with Gasteiger partial charge in [0.1, 0.15) is 0 Å². The van der Waals surface area contributed by atoms with Gasteiger partial charge in [-0.3, -0.25) is 4.98 Å². The zero-order valence-electron chi connectivity index (χ0n) is 11.3. The number of esters is 1. The second-order valence-electron chi connectivity index (χ2n) is 4.09. The third-order valence-corrected chi connectivity index (χ3v) is 2.81. The van der Waals surface area contributed by atoms with Crippen molar-refractivity contribution in [1.29, 1.82) is 0 Å². The van der Waals surface area contributed by atoms with Crippen LogP contribution >= 0.6 is 0 Å². The molecule has 94 valence electrons. The van der Waals surface area contributed by atoms with Crippen molar-refractivity contribution in [3.63, 3.8) is 0 Å². The first-order valence-corrected chi connectivity index (χ1v) is 6.20. The van der Waals surface area contributed by atoms with E-state index in [1.807, 2.05) is 27.7 Å². The van der Waals surface area contributed by atoms with Gasteiger partial charge in [-0.25, -0.2) is 4.79 Å². The van der Waals surface area contributed by atoms with Crippen molar-refractivity contribution in [3.8, 4) is 0 Å². The van der Waals surface area contributed by atoms with Crippen molar-refractivity contribution in [2.45, 2.75) is 46.5 Å². The minimum absolute atomic E-state index is 0.264. The number of hydrogen-bond donors (Lipinski definition) is 0. The highest BCUT2D eigenvalue weighted by Crippen LogP contribution is 2.41. The lowest BCUT2D eigenvalue weighted by Crippen LogP contribution is -2.08. The third-order valence-electron chi connectivity index (χ3n) is 2.81. The zero-order valence-corrected chi connectivity index (χ0v) is 11.3. The minimum atomic E-state index is -0.264. The number of aryl methyl sites for hydroxylation is 1.